The molecule has 11 nitrogen and oxygen atoms in total. The van der Waals surface area contributed by atoms with Gasteiger partial charge in [0.2, 0.25) is 0 Å². The number of hydrogen-bond donors (Lipinski definition) is 3. The fraction of sp³-hybridized carbons (Fsp3) is 0.273. The molecule has 34 heavy (non-hydrogen) atoms. The molecule has 0 saturated carbocycles. The van der Waals surface area contributed by atoms with Gasteiger partial charge in [-0.05, 0) is 24.3 Å². The lowest BCUT2D eigenvalue weighted by Gasteiger charge is -2.15. The van der Waals surface area contributed by atoms with Gasteiger partial charge in [0, 0.05) is 36.9 Å². The molecule has 0 unspecified atom stereocenters. The van der Waals surface area contributed by atoms with Crippen LogP contribution in [0.5, 0.6) is 11.5 Å². The van der Waals surface area contributed by atoms with Gasteiger partial charge < -0.3 is 24.3 Å². The van der Waals surface area contributed by atoms with Gasteiger partial charge in [0.1, 0.15) is 25.4 Å². The second-order valence-corrected chi connectivity index (χ2v) is 7.41. The highest BCUT2D eigenvalue weighted by molar-refractivity contribution is 7.79. The van der Waals surface area contributed by atoms with Crippen molar-refractivity contribution in [3.63, 3.8) is 0 Å². The highest BCUT2D eigenvalue weighted by atomic mass is 32.3. The summed E-state index contributed by atoms with van der Waals surface area (Å²) in [4.78, 5) is 8.75. The van der Waals surface area contributed by atoms with Crippen LogP contribution < -0.4 is 14.8 Å². The minimum atomic E-state index is -4.67. The molecular formula is C22H25N3O8S. The van der Waals surface area contributed by atoms with E-state index in [1.54, 1.807) is 14.2 Å². The molecule has 0 bridgehead atoms. The second kappa shape index (κ2) is 13.3. The fourth-order valence-electron chi connectivity index (χ4n) is 2.68. The molecule has 0 radical (unpaired) electrons. The van der Waals surface area contributed by atoms with Crippen molar-refractivity contribution in [2.75, 3.05) is 46.0 Å². The maximum absolute atomic E-state index is 8.74. The van der Waals surface area contributed by atoms with E-state index in [9.17, 15) is 0 Å². The van der Waals surface area contributed by atoms with Gasteiger partial charge in [-0.15, -0.1) is 6.42 Å². The number of rotatable bonds is 10. The lowest BCUT2D eigenvalue weighted by atomic mass is 10.2. The molecule has 0 fully saturated rings. The van der Waals surface area contributed by atoms with Crippen molar-refractivity contribution in [1.82, 2.24) is 9.97 Å². The third kappa shape index (κ3) is 9.18. The number of aromatic nitrogens is 2. The van der Waals surface area contributed by atoms with Crippen LogP contribution in [0.2, 0.25) is 0 Å². The van der Waals surface area contributed by atoms with Gasteiger partial charge in [0.15, 0.2) is 11.5 Å². The monoisotopic (exact) mass is 491 g/mol. The molecule has 0 saturated heterocycles. The minimum Gasteiger partial charge on any atom is -0.487 e. The van der Waals surface area contributed by atoms with Gasteiger partial charge >= 0.3 is 10.4 Å². The van der Waals surface area contributed by atoms with Crippen LogP contribution >= 0.6 is 0 Å². The summed E-state index contributed by atoms with van der Waals surface area (Å²) < 4.78 is 53.4. The first-order chi connectivity index (χ1) is 16.2. The predicted molar refractivity (Wildman–Crippen MR) is 126 cm³/mol. The SMILES string of the molecule is C#Cc1cccc(Nc2ncnc3cc(OCCOC)c(OCCOC)cc23)c1.O=S(=O)(O)O. The summed E-state index contributed by atoms with van der Waals surface area (Å²) in [5.74, 6) is 4.44. The number of anilines is 2. The first-order valence-corrected chi connectivity index (χ1v) is 11.2. The summed E-state index contributed by atoms with van der Waals surface area (Å²) >= 11 is 0. The van der Waals surface area contributed by atoms with E-state index in [2.05, 4.69) is 21.2 Å². The van der Waals surface area contributed by atoms with Crippen molar-refractivity contribution < 1.29 is 36.5 Å². The molecule has 0 spiro atoms. The highest BCUT2D eigenvalue weighted by Gasteiger charge is 2.13. The third-order valence-corrected chi connectivity index (χ3v) is 4.08. The maximum atomic E-state index is 8.74. The summed E-state index contributed by atoms with van der Waals surface area (Å²) in [5, 5.41) is 4.10. The van der Waals surface area contributed by atoms with E-state index >= 15 is 0 Å². The van der Waals surface area contributed by atoms with Crippen molar-refractivity contribution in [3.8, 4) is 23.8 Å². The van der Waals surface area contributed by atoms with E-state index in [1.165, 1.54) is 6.33 Å². The van der Waals surface area contributed by atoms with E-state index in [1.807, 2.05) is 36.4 Å². The number of hydrogen-bond acceptors (Lipinski definition) is 9. The molecule has 3 N–H and O–H groups in total. The molecule has 2 aromatic carbocycles. The number of methoxy groups -OCH3 is 2. The molecule has 1 heterocycles. The van der Waals surface area contributed by atoms with Crippen LogP contribution in [-0.4, -0.2) is 68.1 Å². The van der Waals surface area contributed by atoms with Crippen LogP contribution in [0, 0.1) is 12.3 Å². The van der Waals surface area contributed by atoms with Gasteiger partial charge in [-0.1, -0.05) is 12.0 Å². The fourth-order valence-corrected chi connectivity index (χ4v) is 2.68. The summed E-state index contributed by atoms with van der Waals surface area (Å²) in [5.41, 5.74) is 2.34. The number of fused-ring (bicyclic) bond motifs is 1. The number of terminal acetylenes is 1. The topological polar surface area (TPSA) is 149 Å². The first kappa shape index (κ1) is 26.8. The van der Waals surface area contributed by atoms with Gasteiger partial charge in [-0.25, -0.2) is 9.97 Å². The van der Waals surface area contributed by atoms with Crippen molar-refractivity contribution in [1.29, 1.82) is 0 Å². The van der Waals surface area contributed by atoms with Crippen LogP contribution in [-0.2, 0) is 19.9 Å². The molecule has 0 amide bonds. The second-order valence-electron chi connectivity index (χ2n) is 6.52. The predicted octanol–water partition coefficient (Wildman–Crippen LogP) is 2.75. The maximum Gasteiger partial charge on any atom is 0.394 e. The number of ether oxygens (including phenoxy) is 4. The summed E-state index contributed by atoms with van der Waals surface area (Å²) in [6.45, 7) is 1.73. The van der Waals surface area contributed by atoms with Crippen molar-refractivity contribution in [2.24, 2.45) is 0 Å². The largest absolute Gasteiger partial charge is 0.487 e. The Balaban J connectivity index is 0.000000739. The molecule has 3 aromatic rings. The number of nitrogens with one attached hydrogen (secondary N) is 1. The van der Waals surface area contributed by atoms with Crippen LogP contribution in [0.4, 0.5) is 11.5 Å². The Bertz CT molecular complexity index is 1220. The Morgan fingerprint density at radius 2 is 1.59 bits per heavy atom. The van der Waals surface area contributed by atoms with Crippen LogP contribution in [0.3, 0.4) is 0 Å². The molecule has 12 heteroatoms. The minimum absolute atomic E-state index is 0.392. The number of benzene rings is 2. The molecule has 0 aliphatic rings. The standard InChI is InChI=1S/C22H23N3O4.H2O4S/c1-4-16-6-5-7-17(12-16)25-22-18-13-20(28-10-8-26-2)21(29-11-9-27-3)14-19(18)23-15-24-22;1-5(2,3)4/h1,5-7,12-15H,8-11H2,2-3H3,(H,23,24,25);(H2,1,2,3,4). The smallest absolute Gasteiger partial charge is 0.394 e. The zero-order chi connectivity index (χ0) is 25.0. The zero-order valence-electron chi connectivity index (χ0n) is 18.6. The van der Waals surface area contributed by atoms with Gasteiger partial charge in [-0.3, -0.25) is 9.11 Å². The van der Waals surface area contributed by atoms with Gasteiger partial charge in [0.05, 0.1) is 18.7 Å². The van der Waals surface area contributed by atoms with Crippen molar-refractivity contribution in [2.45, 2.75) is 0 Å². The Labute approximate surface area is 197 Å². The zero-order valence-corrected chi connectivity index (χ0v) is 19.4. The Hall–Kier alpha value is -3.47. The number of nitrogens with zero attached hydrogens (tertiary/aromatic N) is 2. The summed E-state index contributed by atoms with van der Waals surface area (Å²) in [6, 6.07) is 11.3. The Morgan fingerprint density at radius 1 is 0.971 bits per heavy atom. The summed E-state index contributed by atoms with van der Waals surface area (Å²) in [7, 11) is -1.42. The van der Waals surface area contributed by atoms with E-state index in [0.717, 1.165) is 22.2 Å². The normalized spacial score (nSPS) is 10.7. The van der Waals surface area contributed by atoms with E-state index in [4.69, 9.17) is 42.9 Å². The van der Waals surface area contributed by atoms with Gasteiger partial charge in [0.25, 0.3) is 0 Å². The Kier molecular flexibility index (Phi) is 10.5. The molecule has 1 aromatic heterocycles. The molecular weight excluding hydrogens is 466 g/mol. The van der Waals surface area contributed by atoms with Gasteiger partial charge in [-0.2, -0.15) is 8.42 Å². The van der Waals surface area contributed by atoms with Crippen LogP contribution in [0.25, 0.3) is 10.9 Å². The van der Waals surface area contributed by atoms with Crippen LogP contribution in [0.1, 0.15) is 5.56 Å². The lowest BCUT2D eigenvalue weighted by Crippen LogP contribution is -2.09. The molecule has 0 aliphatic heterocycles. The van der Waals surface area contributed by atoms with Crippen molar-refractivity contribution >= 4 is 32.8 Å². The quantitative estimate of drug-likeness (QED) is 0.218. The lowest BCUT2D eigenvalue weighted by molar-refractivity contribution is 0.132. The average molecular weight is 492 g/mol. The third-order valence-electron chi connectivity index (χ3n) is 4.08. The van der Waals surface area contributed by atoms with Crippen LogP contribution in [0.15, 0.2) is 42.7 Å². The molecule has 0 aliphatic carbocycles. The molecule has 3 rings (SSSR count). The van der Waals surface area contributed by atoms with E-state index < -0.39 is 10.4 Å². The Morgan fingerprint density at radius 3 is 2.18 bits per heavy atom. The van der Waals surface area contributed by atoms with E-state index in [-0.39, 0.29) is 0 Å². The average Bonchev–Trinajstić information content (AvgIpc) is 2.79. The molecule has 0 atom stereocenters. The van der Waals surface area contributed by atoms with Crippen molar-refractivity contribution in [3.05, 3.63) is 48.3 Å². The molecule has 182 valence electrons. The van der Waals surface area contributed by atoms with E-state index in [0.29, 0.717) is 43.7 Å². The highest BCUT2D eigenvalue weighted by Crippen LogP contribution is 2.35. The first-order valence-electron chi connectivity index (χ1n) is 9.81. The summed E-state index contributed by atoms with van der Waals surface area (Å²) in [6.07, 6.45) is 6.99.